The van der Waals surface area contributed by atoms with Crippen LogP contribution in [0.1, 0.15) is 28.5 Å². The van der Waals surface area contributed by atoms with Crippen molar-refractivity contribution < 1.29 is 13.9 Å². The zero-order chi connectivity index (χ0) is 16.4. The number of nitrogens with zero attached hydrogens (tertiary/aromatic N) is 1. The van der Waals surface area contributed by atoms with Crippen LogP contribution in [-0.4, -0.2) is 16.2 Å². The number of carbonyl (C=O) groups excluding carboxylic acids is 1. The Hall–Kier alpha value is -2.60. The maximum Gasteiger partial charge on any atom is 0.356 e. The quantitative estimate of drug-likeness (QED) is 0.586. The molecule has 0 aliphatic carbocycles. The highest BCUT2D eigenvalue weighted by molar-refractivity contribution is 6.32. The topological polar surface area (TPSA) is 85.2 Å². The van der Waals surface area contributed by atoms with E-state index in [4.69, 9.17) is 20.8 Å². The van der Waals surface area contributed by atoms with Crippen LogP contribution < -0.4 is 5.63 Å². The summed E-state index contributed by atoms with van der Waals surface area (Å²) < 4.78 is 10.4. The van der Waals surface area contributed by atoms with Gasteiger partial charge in [0.15, 0.2) is 0 Å². The fourth-order valence-corrected chi connectivity index (χ4v) is 2.57. The van der Waals surface area contributed by atoms with Gasteiger partial charge in [0.05, 0.1) is 0 Å². The Morgan fingerprint density at radius 2 is 2.17 bits per heavy atom. The SMILES string of the molecule is CCc1cc2oc(=O)cc(COC(=O)c3ccn[nH]3)c2cc1Cl. The smallest absolute Gasteiger partial charge is 0.356 e. The highest BCUT2D eigenvalue weighted by atomic mass is 35.5. The minimum absolute atomic E-state index is 0.0677. The molecule has 0 saturated heterocycles. The van der Waals surface area contributed by atoms with E-state index in [1.165, 1.54) is 18.3 Å². The summed E-state index contributed by atoms with van der Waals surface area (Å²) in [6.07, 6.45) is 2.17. The van der Waals surface area contributed by atoms with E-state index in [-0.39, 0.29) is 12.3 Å². The van der Waals surface area contributed by atoms with E-state index >= 15 is 0 Å². The number of halogens is 1. The largest absolute Gasteiger partial charge is 0.456 e. The molecule has 0 unspecified atom stereocenters. The minimum Gasteiger partial charge on any atom is -0.456 e. The average Bonchev–Trinajstić information content (AvgIpc) is 3.06. The second-order valence-corrected chi connectivity index (χ2v) is 5.34. The Kier molecular flexibility index (Phi) is 4.16. The zero-order valence-electron chi connectivity index (χ0n) is 12.3. The third kappa shape index (κ3) is 3.12. The van der Waals surface area contributed by atoms with Crippen molar-refractivity contribution in [3.8, 4) is 0 Å². The van der Waals surface area contributed by atoms with Crippen LogP contribution >= 0.6 is 11.6 Å². The van der Waals surface area contributed by atoms with Gasteiger partial charge in [0.2, 0.25) is 0 Å². The van der Waals surface area contributed by atoms with Gasteiger partial charge in [-0.05, 0) is 30.2 Å². The van der Waals surface area contributed by atoms with Crippen molar-refractivity contribution in [1.82, 2.24) is 10.2 Å². The molecule has 118 valence electrons. The third-order valence-electron chi connectivity index (χ3n) is 3.46. The standard InChI is InChI=1S/C16H13ClN2O4/c1-2-9-5-14-11(7-12(9)17)10(6-15(20)23-14)8-22-16(21)13-3-4-18-19-13/h3-7H,2,8H2,1H3,(H,18,19). The van der Waals surface area contributed by atoms with Gasteiger partial charge in [0.1, 0.15) is 17.9 Å². The van der Waals surface area contributed by atoms with E-state index < -0.39 is 11.6 Å². The van der Waals surface area contributed by atoms with Crippen LogP contribution in [0.5, 0.6) is 0 Å². The Morgan fingerprint density at radius 3 is 2.87 bits per heavy atom. The number of ether oxygens (including phenoxy) is 1. The van der Waals surface area contributed by atoms with Crippen LogP contribution in [0.4, 0.5) is 0 Å². The summed E-state index contributed by atoms with van der Waals surface area (Å²) in [6.45, 7) is 1.89. The van der Waals surface area contributed by atoms with Gasteiger partial charge in [-0.15, -0.1) is 0 Å². The lowest BCUT2D eigenvalue weighted by Gasteiger charge is -2.09. The first-order valence-corrected chi connectivity index (χ1v) is 7.38. The summed E-state index contributed by atoms with van der Waals surface area (Å²) in [4.78, 5) is 23.6. The maximum absolute atomic E-state index is 11.8. The molecule has 0 radical (unpaired) electrons. The van der Waals surface area contributed by atoms with E-state index in [0.29, 0.717) is 21.6 Å². The molecule has 0 aliphatic rings. The number of aryl methyl sites for hydroxylation is 1. The lowest BCUT2D eigenvalue weighted by molar-refractivity contribution is 0.0467. The summed E-state index contributed by atoms with van der Waals surface area (Å²) in [5.41, 5.74) is 1.58. The molecular weight excluding hydrogens is 320 g/mol. The molecular formula is C16H13ClN2O4. The van der Waals surface area contributed by atoms with Gasteiger partial charge in [0.25, 0.3) is 0 Å². The van der Waals surface area contributed by atoms with Crippen molar-refractivity contribution in [3.63, 3.8) is 0 Å². The Balaban J connectivity index is 1.95. The molecule has 0 saturated carbocycles. The van der Waals surface area contributed by atoms with Crippen LogP contribution in [0.15, 0.2) is 39.7 Å². The van der Waals surface area contributed by atoms with Crippen molar-refractivity contribution in [2.45, 2.75) is 20.0 Å². The fourth-order valence-electron chi connectivity index (χ4n) is 2.27. The summed E-state index contributed by atoms with van der Waals surface area (Å²) >= 11 is 6.22. The van der Waals surface area contributed by atoms with Gasteiger partial charge in [-0.1, -0.05) is 18.5 Å². The highest BCUT2D eigenvalue weighted by Crippen LogP contribution is 2.26. The van der Waals surface area contributed by atoms with Gasteiger partial charge < -0.3 is 9.15 Å². The van der Waals surface area contributed by atoms with Gasteiger partial charge in [-0.25, -0.2) is 9.59 Å². The molecule has 7 heteroatoms. The predicted octanol–water partition coefficient (Wildman–Crippen LogP) is 3.09. The zero-order valence-corrected chi connectivity index (χ0v) is 13.0. The van der Waals surface area contributed by atoms with Gasteiger partial charge >= 0.3 is 11.6 Å². The summed E-state index contributed by atoms with van der Waals surface area (Å²) in [7, 11) is 0. The number of carbonyl (C=O) groups is 1. The second kappa shape index (κ2) is 6.26. The van der Waals surface area contributed by atoms with Gasteiger partial charge in [0, 0.05) is 28.2 Å². The fraction of sp³-hybridized carbons (Fsp3) is 0.188. The molecule has 2 heterocycles. The summed E-state index contributed by atoms with van der Waals surface area (Å²) in [5.74, 6) is -0.555. The molecule has 0 fully saturated rings. The molecule has 2 aromatic heterocycles. The first-order valence-electron chi connectivity index (χ1n) is 7.00. The van der Waals surface area contributed by atoms with Crippen LogP contribution in [0.25, 0.3) is 11.0 Å². The Morgan fingerprint density at radius 1 is 1.35 bits per heavy atom. The predicted molar refractivity (Wildman–Crippen MR) is 84.6 cm³/mol. The number of H-pyrrole nitrogens is 1. The van der Waals surface area contributed by atoms with Crippen LogP contribution in [0.2, 0.25) is 5.02 Å². The Bertz CT molecular complexity index is 916. The molecule has 1 aromatic carbocycles. The van der Waals surface area contributed by atoms with Crippen molar-refractivity contribution in [2.24, 2.45) is 0 Å². The molecule has 23 heavy (non-hydrogen) atoms. The number of hydrogen-bond donors (Lipinski definition) is 1. The molecule has 3 rings (SSSR count). The molecule has 3 aromatic rings. The van der Waals surface area contributed by atoms with Crippen LogP contribution in [0.3, 0.4) is 0 Å². The number of aromatic nitrogens is 2. The van der Waals surface area contributed by atoms with Crippen molar-refractivity contribution >= 4 is 28.5 Å². The maximum atomic E-state index is 11.8. The van der Waals surface area contributed by atoms with E-state index in [1.807, 2.05) is 6.92 Å². The molecule has 0 aliphatic heterocycles. The number of hydrogen-bond acceptors (Lipinski definition) is 5. The molecule has 0 bridgehead atoms. The first kappa shape index (κ1) is 15.3. The second-order valence-electron chi connectivity index (χ2n) is 4.93. The number of rotatable bonds is 4. The van der Waals surface area contributed by atoms with Gasteiger partial charge in [-0.3, -0.25) is 5.10 Å². The molecule has 0 atom stereocenters. The van der Waals surface area contributed by atoms with E-state index in [9.17, 15) is 9.59 Å². The van der Waals surface area contributed by atoms with E-state index in [0.717, 1.165) is 12.0 Å². The Labute approximate surface area is 136 Å². The van der Waals surface area contributed by atoms with Crippen molar-refractivity contribution in [3.05, 3.63) is 62.7 Å². The highest BCUT2D eigenvalue weighted by Gasteiger charge is 2.13. The lowest BCUT2D eigenvalue weighted by atomic mass is 10.1. The van der Waals surface area contributed by atoms with Crippen LogP contribution in [0, 0.1) is 0 Å². The number of benzene rings is 1. The average molecular weight is 333 g/mol. The summed E-state index contributed by atoms with van der Waals surface area (Å²) in [6, 6.07) is 6.26. The van der Waals surface area contributed by atoms with E-state index in [1.54, 1.807) is 12.1 Å². The van der Waals surface area contributed by atoms with E-state index in [2.05, 4.69) is 10.2 Å². The van der Waals surface area contributed by atoms with Crippen molar-refractivity contribution in [2.75, 3.05) is 0 Å². The first-order chi connectivity index (χ1) is 11.1. The normalized spacial score (nSPS) is 10.9. The minimum atomic E-state index is -0.555. The number of fused-ring (bicyclic) bond motifs is 1. The third-order valence-corrected chi connectivity index (χ3v) is 3.81. The van der Waals surface area contributed by atoms with Crippen molar-refractivity contribution in [1.29, 1.82) is 0 Å². The number of esters is 1. The molecule has 1 N–H and O–H groups in total. The molecule has 6 nitrogen and oxygen atoms in total. The summed E-state index contributed by atoms with van der Waals surface area (Å²) in [5, 5.41) is 7.43. The van der Waals surface area contributed by atoms with Crippen LogP contribution in [-0.2, 0) is 17.8 Å². The lowest BCUT2D eigenvalue weighted by Crippen LogP contribution is -2.08. The monoisotopic (exact) mass is 332 g/mol. The number of nitrogens with one attached hydrogen (secondary N) is 1. The van der Waals surface area contributed by atoms with Gasteiger partial charge in [-0.2, -0.15) is 5.10 Å². The number of aromatic amines is 1. The molecule has 0 amide bonds. The molecule has 0 spiro atoms.